The standard InChI is InChI=1S/C19H16ClF2NO4/c1-11(19(25)23-16-6-5-13(20)10-14(16)21)27-18(24)8-4-12-3-7-17(26-2)15(22)9-12/h3-11H,1-2H3,(H,23,25)/b8-4+/t11-/m0/s1. The van der Waals surface area contributed by atoms with Gasteiger partial charge in [0.05, 0.1) is 12.8 Å². The number of esters is 1. The Balaban J connectivity index is 1.94. The van der Waals surface area contributed by atoms with E-state index >= 15 is 0 Å². The van der Waals surface area contributed by atoms with Gasteiger partial charge in [0.25, 0.3) is 5.91 Å². The summed E-state index contributed by atoms with van der Waals surface area (Å²) in [5.74, 6) is -2.74. The van der Waals surface area contributed by atoms with E-state index in [1.165, 1.54) is 44.4 Å². The minimum Gasteiger partial charge on any atom is -0.494 e. The summed E-state index contributed by atoms with van der Waals surface area (Å²) < 4.78 is 37.0. The van der Waals surface area contributed by atoms with Gasteiger partial charge in [-0.05, 0) is 48.9 Å². The zero-order valence-corrected chi connectivity index (χ0v) is 15.2. The molecule has 0 aliphatic carbocycles. The topological polar surface area (TPSA) is 64.6 Å². The number of amides is 1. The van der Waals surface area contributed by atoms with Crippen LogP contribution in [-0.2, 0) is 14.3 Å². The minimum atomic E-state index is -1.18. The van der Waals surface area contributed by atoms with Crippen molar-refractivity contribution in [2.45, 2.75) is 13.0 Å². The van der Waals surface area contributed by atoms with Crippen LogP contribution in [0, 0.1) is 11.6 Å². The molecule has 1 amide bonds. The van der Waals surface area contributed by atoms with Gasteiger partial charge in [-0.1, -0.05) is 17.7 Å². The van der Waals surface area contributed by atoms with Gasteiger partial charge in [-0.2, -0.15) is 0 Å². The number of anilines is 1. The molecule has 0 radical (unpaired) electrons. The lowest BCUT2D eigenvalue weighted by Crippen LogP contribution is -2.29. The molecule has 0 fully saturated rings. The number of carbonyl (C=O) groups is 2. The van der Waals surface area contributed by atoms with Crippen LogP contribution in [0.4, 0.5) is 14.5 Å². The molecule has 1 N–H and O–H groups in total. The van der Waals surface area contributed by atoms with Gasteiger partial charge >= 0.3 is 5.97 Å². The molecule has 2 aromatic carbocycles. The molecule has 8 heteroatoms. The Morgan fingerprint density at radius 3 is 2.52 bits per heavy atom. The number of halogens is 3. The zero-order valence-electron chi connectivity index (χ0n) is 14.5. The van der Waals surface area contributed by atoms with Crippen LogP contribution in [0.2, 0.25) is 5.02 Å². The van der Waals surface area contributed by atoms with Gasteiger partial charge in [0.1, 0.15) is 5.82 Å². The highest BCUT2D eigenvalue weighted by atomic mass is 35.5. The number of benzene rings is 2. The van der Waals surface area contributed by atoms with E-state index in [9.17, 15) is 18.4 Å². The molecule has 0 bridgehead atoms. The van der Waals surface area contributed by atoms with E-state index in [2.05, 4.69) is 5.32 Å². The molecule has 0 aromatic heterocycles. The second-order valence-corrected chi connectivity index (χ2v) is 5.86. The second-order valence-electron chi connectivity index (χ2n) is 5.42. The van der Waals surface area contributed by atoms with Crippen molar-refractivity contribution >= 4 is 35.2 Å². The van der Waals surface area contributed by atoms with E-state index in [1.807, 2.05) is 0 Å². The van der Waals surface area contributed by atoms with Crippen LogP contribution in [-0.4, -0.2) is 25.1 Å². The highest BCUT2D eigenvalue weighted by Crippen LogP contribution is 2.20. The first-order valence-corrected chi connectivity index (χ1v) is 8.16. The fraction of sp³-hybridized carbons (Fsp3) is 0.158. The highest BCUT2D eigenvalue weighted by molar-refractivity contribution is 6.30. The fourth-order valence-corrected chi connectivity index (χ4v) is 2.20. The van der Waals surface area contributed by atoms with Crippen molar-refractivity contribution in [3.63, 3.8) is 0 Å². The lowest BCUT2D eigenvalue weighted by atomic mass is 10.2. The summed E-state index contributed by atoms with van der Waals surface area (Å²) in [4.78, 5) is 23.8. The third-order valence-electron chi connectivity index (χ3n) is 3.44. The van der Waals surface area contributed by atoms with Crippen molar-refractivity contribution in [2.75, 3.05) is 12.4 Å². The van der Waals surface area contributed by atoms with Crippen molar-refractivity contribution in [1.82, 2.24) is 0 Å². The fourth-order valence-electron chi connectivity index (χ4n) is 2.04. The lowest BCUT2D eigenvalue weighted by Gasteiger charge is -2.13. The molecule has 0 unspecified atom stereocenters. The summed E-state index contributed by atoms with van der Waals surface area (Å²) in [6.07, 6.45) is 1.20. The summed E-state index contributed by atoms with van der Waals surface area (Å²) in [7, 11) is 1.34. The van der Waals surface area contributed by atoms with Gasteiger partial charge < -0.3 is 14.8 Å². The molecule has 2 rings (SSSR count). The van der Waals surface area contributed by atoms with E-state index in [0.29, 0.717) is 5.56 Å². The molecule has 1 atom stereocenters. The molecular formula is C19H16ClF2NO4. The lowest BCUT2D eigenvalue weighted by molar-refractivity contribution is -0.148. The first-order valence-electron chi connectivity index (χ1n) is 7.78. The number of hydrogen-bond acceptors (Lipinski definition) is 4. The van der Waals surface area contributed by atoms with Crippen LogP contribution in [0.15, 0.2) is 42.5 Å². The predicted molar refractivity (Wildman–Crippen MR) is 97.6 cm³/mol. The maximum atomic E-state index is 13.7. The Bertz CT molecular complexity index is 886. The summed E-state index contributed by atoms with van der Waals surface area (Å²) in [6, 6.07) is 7.89. The molecule has 0 saturated heterocycles. The smallest absolute Gasteiger partial charge is 0.331 e. The number of carbonyl (C=O) groups excluding carboxylic acids is 2. The predicted octanol–water partition coefficient (Wildman–Crippen LogP) is 4.21. The van der Waals surface area contributed by atoms with Gasteiger partial charge in [-0.25, -0.2) is 13.6 Å². The molecule has 0 aliphatic rings. The number of nitrogens with one attached hydrogen (secondary N) is 1. The second kappa shape index (κ2) is 9.14. The first kappa shape index (κ1) is 20.4. The van der Waals surface area contributed by atoms with Crippen LogP contribution < -0.4 is 10.1 Å². The molecule has 0 saturated carbocycles. The maximum absolute atomic E-state index is 13.7. The first-order chi connectivity index (χ1) is 12.8. The largest absolute Gasteiger partial charge is 0.494 e. The summed E-state index contributed by atoms with van der Waals surface area (Å²) in [6.45, 7) is 1.34. The van der Waals surface area contributed by atoms with Gasteiger partial charge in [0.2, 0.25) is 0 Å². The molecule has 27 heavy (non-hydrogen) atoms. The molecule has 0 aliphatic heterocycles. The summed E-state index contributed by atoms with van der Waals surface area (Å²) in [5.41, 5.74) is 0.321. The SMILES string of the molecule is COc1ccc(/C=C/C(=O)O[C@@H](C)C(=O)Nc2ccc(Cl)cc2F)cc1F. The highest BCUT2D eigenvalue weighted by Gasteiger charge is 2.18. The van der Waals surface area contributed by atoms with Crippen LogP contribution in [0.1, 0.15) is 12.5 Å². The Kier molecular flexibility index (Phi) is 6.90. The average molecular weight is 396 g/mol. The van der Waals surface area contributed by atoms with Gasteiger partial charge in [-0.3, -0.25) is 4.79 Å². The summed E-state index contributed by atoms with van der Waals surface area (Å²) in [5, 5.41) is 2.48. The third-order valence-corrected chi connectivity index (χ3v) is 3.67. The molecule has 0 spiro atoms. The Morgan fingerprint density at radius 2 is 1.89 bits per heavy atom. The van der Waals surface area contributed by atoms with Gasteiger partial charge in [0, 0.05) is 11.1 Å². The van der Waals surface area contributed by atoms with Gasteiger partial charge in [-0.15, -0.1) is 0 Å². The van der Waals surface area contributed by atoms with E-state index < -0.39 is 29.6 Å². The molecule has 5 nitrogen and oxygen atoms in total. The summed E-state index contributed by atoms with van der Waals surface area (Å²) >= 11 is 5.64. The number of ether oxygens (including phenoxy) is 2. The Morgan fingerprint density at radius 1 is 1.15 bits per heavy atom. The zero-order chi connectivity index (χ0) is 20.0. The monoisotopic (exact) mass is 395 g/mol. The third kappa shape index (κ3) is 5.79. The van der Waals surface area contributed by atoms with Crippen molar-refractivity contribution < 1.29 is 27.8 Å². The molecule has 2 aromatic rings. The van der Waals surface area contributed by atoms with Crippen molar-refractivity contribution in [1.29, 1.82) is 0 Å². The number of hydrogen-bond donors (Lipinski definition) is 1. The van der Waals surface area contributed by atoms with Crippen molar-refractivity contribution in [2.24, 2.45) is 0 Å². The van der Waals surface area contributed by atoms with Crippen molar-refractivity contribution in [3.05, 3.63) is 64.7 Å². The average Bonchev–Trinajstić information content (AvgIpc) is 2.62. The normalized spacial score (nSPS) is 11.9. The van der Waals surface area contributed by atoms with E-state index in [0.717, 1.165) is 12.1 Å². The van der Waals surface area contributed by atoms with Crippen molar-refractivity contribution in [3.8, 4) is 5.75 Å². The quantitative estimate of drug-likeness (QED) is 0.587. The minimum absolute atomic E-state index is 0.0782. The van der Waals surface area contributed by atoms with E-state index in [4.69, 9.17) is 21.1 Å². The molecular weight excluding hydrogens is 380 g/mol. The Labute approximate surface area is 159 Å². The van der Waals surface area contributed by atoms with Gasteiger partial charge in [0.15, 0.2) is 17.7 Å². The van der Waals surface area contributed by atoms with Crippen LogP contribution in [0.5, 0.6) is 5.75 Å². The Hall–Kier alpha value is -2.93. The van der Waals surface area contributed by atoms with E-state index in [1.54, 1.807) is 6.07 Å². The maximum Gasteiger partial charge on any atom is 0.331 e. The number of rotatable bonds is 6. The van der Waals surface area contributed by atoms with E-state index in [-0.39, 0.29) is 16.5 Å². The van der Waals surface area contributed by atoms with Crippen LogP contribution in [0.3, 0.4) is 0 Å². The molecule has 142 valence electrons. The van der Waals surface area contributed by atoms with Crippen LogP contribution in [0.25, 0.3) is 6.08 Å². The van der Waals surface area contributed by atoms with Crippen LogP contribution >= 0.6 is 11.6 Å². The number of methoxy groups -OCH3 is 1. The molecule has 0 heterocycles.